The van der Waals surface area contributed by atoms with E-state index in [1.807, 2.05) is 18.3 Å². The number of halogens is 1. The highest BCUT2D eigenvalue weighted by molar-refractivity contribution is 6.29. The number of anilines is 1. The Kier molecular flexibility index (Phi) is 3.66. The quantitative estimate of drug-likeness (QED) is 0.824. The van der Waals surface area contributed by atoms with Crippen LogP contribution in [0.25, 0.3) is 0 Å². The third kappa shape index (κ3) is 3.17. The van der Waals surface area contributed by atoms with Crippen molar-refractivity contribution in [2.24, 2.45) is 0 Å². The van der Waals surface area contributed by atoms with Crippen molar-refractivity contribution < 1.29 is 0 Å². The number of aromatic nitrogens is 3. The zero-order chi connectivity index (χ0) is 11.2. The normalized spacial score (nSPS) is 10.1. The van der Waals surface area contributed by atoms with Crippen molar-refractivity contribution in [1.29, 1.82) is 0 Å². The summed E-state index contributed by atoms with van der Waals surface area (Å²) < 4.78 is 0. The largest absolute Gasteiger partial charge is 0.370 e. The monoisotopic (exact) mass is 234 g/mol. The van der Waals surface area contributed by atoms with Gasteiger partial charge in [-0.2, -0.15) is 0 Å². The second-order valence-electron chi connectivity index (χ2n) is 3.26. The molecule has 0 unspecified atom stereocenters. The molecule has 0 amide bonds. The Morgan fingerprint density at radius 2 is 2.25 bits per heavy atom. The average molecular weight is 235 g/mol. The zero-order valence-corrected chi connectivity index (χ0v) is 9.35. The van der Waals surface area contributed by atoms with Crippen LogP contribution in [0, 0.1) is 0 Å². The van der Waals surface area contributed by atoms with E-state index in [-0.39, 0.29) is 0 Å². The van der Waals surface area contributed by atoms with E-state index < -0.39 is 0 Å². The highest BCUT2D eigenvalue weighted by Crippen LogP contribution is 2.08. The first-order valence-electron chi connectivity index (χ1n) is 4.95. The van der Waals surface area contributed by atoms with E-state index in [0.29, 0.717) is 5.15 Å². The fourth-order valence-corrected chi connectivity index (χ4v) is 1.46. The summed E-state index contributed by atoms with van der Waals surface area (Å²) in [7, 11) is 0. The Hall–Kier alpha value is -1.68. The van der Waals surface area contributed by atoms with Gasteiger partial charge in [0.05, 0.1) is 0 Å². The molecule has 2 heterocycles. The molecule has 16 heavy (non-hydrogen) atoms. The van der Waals surface area contributed by atoms with Gasteiger partial charge in [0.2, 0.25) is 0 Å². The molecule has 2 aromatic rings. The van der Waals surface area contributed by atoms with Crippen LogP contribution in [0.1, 0.15) is 5.56 Å². The van der Waals surface area contributed by atoms with Crippen LogP contribution in [-0.2, 0) is 6.42 Å². The lowest BCUT2D eigenvalue weighted by Gasteiger charge is -2.04. The van der Waals surface area contributed by atoms with Crippen molar-refractivity contribution in [3.63, 3.8) is 0 Å². The van der Waals surface area contributed by atoms with E-state index in [9.17, 15) is 0 Å². The molecular formula is C11H11ClN4. The van der Waals surface area contributed by atoms with Crippen LogP contribution in [0.3, 0.4) is 0 Å². The van der Waals surface area contributed by atoms with Crippen LogP contribution in [0.4, 0.5) is 5.82 Å². The summed E-state index contributed by atoms with van der Waals surface area (Å²) in [6.07, 6.45) is 5.96. The second-order valence-corrected chi connectivity index (χ2v) is 3.65. The van der Waals surface area contributed by atoms with Gasteiger partial charge in [-0.3, -0.25) is 4.98 Å². The highest BCUT2D eigenvalue weighted by Gasteiger charge is 1.96. The Morgan fingerprint density at radius 1 is 1.31 bits per heavy atom. The minimum atomic E-state index is 0.443. The second kappa shape index (κ2) is 5.42. The first-order valence-corrected chi connectivity index (χ1v) is 5.33. The lowest BCUT2D eigenvalue weighted by Crippen LogP contribution is -2.06. The van der Waals surface area contributed by atoms with Gasteiger partial charge in [0.25, 0.3) is 0 Å². The van der Waals surface area contributed by atoms with Crippen molar-refractivity contribution in [1.82, 2.24) is 15.0 Å². The highest BCUT2D eigenvalue weighted by atomic mass is 35.5. The number of pyridine rings is 1. The van der Waals surface area contributed by atoms with Gasteiger partial charge in [0.15, 0.2) is 0 Å². The molecule has 4 nitrogen and oxygen atoms in total. The van der Waals surface area contributed by atoms with Crippen molar-refractivity contribution >= 4 is 17.4 Å². The molecule has 0 bridgehead atoms. The van der Waals surface area contributed by atoms with Crippen molar-refractivity contribution in [3.05, 3.63) is 47.6 Å². The summed E-state index contributed by atoms with van der Waals surface area (Å²) in [6.45, 7) is 0.791. The van der Waals surface area contributed by atoms with E-state index in [0.717, 1.165) is 18.8 Å². The van der Waals surface area contributed by atoms with Gasteiger partial charge in [-0.25, -0.2) is 9.97 Å². The third-order valence-corrected chi connectivity index (χ3v) is 2.28. The fraction of sp³-hybridized carbons (Fsp3) is 0.182. The predicted octanol–water partition coefficient (Wildman–Crippen LogP) is 2.18. The molecule has 0 aliphatic heterocycles. The third-order valence-electron chi connectivity index (χ3n) is 2.08. The summed E-state index contributed by atoms with van der Waals surface area (Å²) in [5.74, 6) is 0.740. The molecule has 82 valence electrons. The summed E-state index contributed by atoms with van der Waals surface area (Å²) >= 11 is 5.74. The first kappa shape index (κ1) is 10.8. The van der Waals surface area contributed by atoms with Gasteiger partial charge >= 0.3 is 0 Å². The first-order chi connectivity index (χ1) is 7.84. The molecule has 2 rings (SSSR count). The minimum Gasteiger partial charge on any atom is -0.370 e. The lowest BCUT2D eigenvalue weighted by atomic mass is 10.2. The van der Waals surface area contributed by atoms with E-state index in [4.69, 9.17) is 11.6 Å². The van der Waals surface area contributed by atoms with Gasteiger partial charge in [0.1, 0.15) is 17.3 Å². The molecule has 2 aromatic heterocycles. The van der Waals surface area contributed by atoms with Crippen molar-refractivity contribution in [2.75, 3.05) is 11.9 Å². The summed E-state index contributed by atoms with van der Waals surface area (Å²) in [4.78, 5) is 11.9. The summed E-state index contributed by atoms with van der Waals surface area (Å²) in [5.41, 5.74) is 1.19. The van der Waals surface area contributed by atoms with Gasteiger partial charge < -0.3 is 5.32 Å². The molecule has 1 N–H and O–H groups in total. The zero-order valence-electron chi connectivity index (χ0n) is 8.60. The molecule has 0 atom stereocenters. The van der Waals surface area contributed by atoms with Gasteiger partial charge in [0, 0.05) is 25.0 Å². The van der Waals surface area contributed by atoms with Crippen LogP contribution in [0.5, 0.6) is 0 Å². The van der Waals surface area contributed by atoms with Crippen molar-refractivity contribution in [2.45, 2.75) is 6.42 Å². The molecule has 0 aliphatic rings. The Labute approximate surface area is 98.7 Å². The van der Waals surface area contributed by atoms with Crippen LogP contribution >= 0.6 is 11.6 Å². The van der Waals surface area contributed by atoms with Crippen LogP contribution in [-0.4, -0.2) is 21.5 Å². The topological polar surface area (TPSA) is 50.7 Å². The minimum absolute atomic E-state index is 0.443. The molecule has 0 radical (unpaired) electrons. The Balaban J connectivity index is 1.85. The number of nitrogens with zero attached hydrogens (tertiary/aromatic N) is 3. The van der Waals surface area contributed by atoms with Gasteiger partial charge in [-0.1, -0.05) is 17.7 Å². The average Bonchev–Trinajstić information content (AvgIpc) is 2.30. The number of rotatable bonds is 4. The Morgan fingerprint density at radius 3 is 3.00 bits per heavy atom. The van der Waals surface area contributed by atoms with Gasteiger partial charge in [-0.15, -0.1) is 0 Å². The fourth-order valence-electron chi connectivity index (χ4n) is 1.31. The predicted molar refractivity (Wildman–Crippen MR) is 63.5 cm³/mol. The Bertz CT molecular complexity index is 447. The van der Waals surface area contributed by atoms with E-state index in [2.05, 4.69) is 20.3 Å². The van der Waals surface area contributed by atoms with E-state index in [1.54, 1.807) is 12.3 Å². The SMILES string of the molecule is Clc1cc(NCCc2cccnc2)ncn1. The van der Waals surface area contributed by atoms with E-state index >= 15 is 0 Å². The maximum absolute atomic E-state index is 5.74. The van der Waals surface area contributed by atoms with Crippen LogP contribution in [0.2, 0.25) is 5.15 Å². The molecule has 0 saturated heterocycles. The molecule has 5 heteroatoms. The maximum Gasteiger partial charge on any atom is 0.134 e. The molecule has 0 fully saturated rings. The number of hydrogen-bond donors (Lipinski definition) is 1. The van der Waals surface area contributed by atoms with E-state index in [1.165, 1.54) is 11.9 Å². The smallest absolute Gasteiger partial charge is 0.134 e. The molecule has 0 saturated carbocycles. The summed E-state index contributed by atoms with van der Waals surface area (Å²) in [6, 6.07) is 5.67. The summed E-state index contributed by atoms with van der Waals surface area (Å²) in [5, 5.41) is 3.61. The molecule has 0 spiro atoms. The van der Waals surface area contributed by atoms with Crippen molar-refractivity contribution in [3.8, 4) is 0 Å². The molecule has 0 aliphatic carbocycles. The lowest BCUT2D eigenvalue weighted by molar-refractivity contribution is 0.988. The molecular weight excluding hydrogens is 224 g/mol. The standard InChI is InChI=1S/C11H11ClN4/c12-10-6-11(16-8-15-10)14-5-3-9-2-1-4-13-7-9/h1-2,4,6-8H,3,5H2,(H,14,15,16). The maximum atomic E-state index is 5.74. The van der Waals surface area contributed by atoms with Crippen LogP contribution < -0.4 is 5.32 Å². The van der Waals surface area contributed by atoms with Gasteiger partial charge in [-0.05, 0) is 18.1 Å². The molecule has 0 aromatic carbocycles. The number of hydrogen-bond acceptors (Lipinski definition) is 4. The number of nitrogens with one attached hydrogen (secondary N) is 1. The van der Waals surface area contributed by atoms with Crippen LogP contribution in [0.15, 0.2) is 36.9 Å².